The van der Waals surface area contributed by atoms with Gasteiger partial charge in [-0.05, 0) is 36.8 Å². The lowest BCUT2D eigenvalue weighted by molar-refractivity contribution is -0.131. The van der Waals surface area contributed by atoms with E-state index in [-0.39, 0.29) is 5.91 Å². The van der Waals surface area contributed by atoms with Gasteiger partial charge in [0.1, 0.15) is 0 Å². The summed E-state index contributed by atoms with van der Waals surface area (Å²) < 4.78 is 0. The molecule has 1 aliphatic rings. The van der Waals surface area contributed by atoms with Gasteiger partial charge in [0.2, 0.25) is 5.91 Å². The lowest BCUT2D eigenvalue weighted by Crippen LogP contribution is -2.40. The molecule has 4 nitrogen and oxygen atoms in total. The number of aromatic amines is 1. The molecule has 2 aromatic heterocycles. The van der Waals surface area contributed by atoms with Gasteiger partial charge in [-0.15, -0.1) is 11.3 Å². The van der Waals surface area contributed by atoms with Gasteiger partial charge >= 0.3 is 0 Å². The van der Waals surface area contributed by atoms with Crippen LogP contribution in [0.15, 0.2) is 23.7 Å². The summed E-state index contributed by atoms with van der Waals surface area (Å²) in [4.78, 5) is 15.5. The summed E-state index contributed by atoms with van der Waals surface area (Å²) in [7, 11) is 0. The number of thiophene rings is 1. The molecular formula is C15H19N3OS. The van der Waals surface area contributed by atoms with E-state index in [1.165, 1.54) is 11.3 Å². The third kappa shape index (κ3) is 2.77. The van der Waals surface area contributed by atoms with Crippen molar-refractivity contribution in [1.29, 1.82) is 0 Å². The van der Waals surface area contributed by atoms with E-state index >= 15 is 0 Å². The Kier molecular flexibility index (Phi) is 3.87. The van der Waals surface area contributed by atoms with Gasteiger partial charge in [0.15, 0.2) is 0 Å². The van der Waals surface area contributed by atoms with Gasteiger partial charge in [-0.1, -0.05) is 6.07 Å². The molecule has 0 bridgehead atoms. The summed E-state index contributed by atoms with van der Waals surface area (Å²) in [5, 5.41) is 9.22. The second-order valence-electron chi connectivity index (χ2n) is 5.40. The maximum Gasteiger partial charge on any atom is 0.227 e. The zero-order valence-electron chi connectivity index (χ0n) is 11.6. The molecule has 1 amide bonds. The van der Waals surface area contributed by atoms with Gasteiger partial charge in [-0.25, -0.2) is 0 Å². The zero-order chi connectivity index (χ0) is 13.9. The van der Waals surface area contributed by atoms with Crippen LogP contribution in [0.5, 0.6) is 0 Å². The molecule has 0 aliphatic carbocycles. The molecule has 1 unspecified atom stereocenters. The smallest absolute Gasteiger partial charge is 0.227 e. The fourth-order valence-corrected chi connectivity index (χ4v) is 3.58. The van der Waals surface area contributed by atoms with Crippen LogP contribution >= 0.6 is 11.3 Å². The molecule has 1 fully saturated rings. The Hall–Kier alpha value is -1.62. The molecule has 106 valence electrons. The molecule has 0 spiro atoms. The maximum atomic E-state index is 12.4. The van der Waals surface area contributed by atoms with Crippen molar-refractivity contribution in [2.24, 2.45) is 0 Å². The Morgan fingerprint density at radius 2 is 2.50 bits per heavy atom. The van der Waals surface area contributed by atoms with E-state index in [2.05, 4.69) is 17.1 Å². The van der Waals surface area contributed by atoms with E-state index in [9.17, 15) is 4.79 Å². The van der Waals surface area contributed by atoms with E-state index < -0.39 is 0 Å². The van der Waals surface area contributed by atoms with Crippen LogP contribution in [-0.4, -0.2) is 34.1 Å². The number of rotatable bonds is 3. The summed E-state index contributed by atoms with van der Waals surface area (Å²) in [5.41, 5.74) is 2.39. The summed E-state index contributed by atoms with van der Waals surface area (Å²) >= 11 is 1.65. The number of piperidine rings is 1. The van der Waals surface area contributed by atoms with Crippen molar-refractivity contribution in [3.05, 3.63) is 39.8 Å². The number of aromatic nitrogens is 2. The molecule has 1 atom stereocenters. The normalized spacial score (nSPS) is 19.2. The van der Waals surface area contributed by atoms with Crippen molar-refractivity contribution >= 4 is 17.2 Å². The van der Waals surface area contributed by atoms with Gasteiger partial charge < -0.3 is 4.90 Å². The first-order valence-electron chi connectivity index (χ1n) is 7.04. The predicted octanol–water partition coefficient (Wildman–Crippen LogP) is 2.73. The second kappa shape index (κ2) is 5.79. The molecule has 3 heterocycles. The fraction of sp³-hybridized carbons (Fsp3) is 0.467. The van der Waals surface area contributed by atoms with Gasteiger partial charge in [0.05, 0.1) is 12.6 Å². The number of H-pyrrole nitrogens is 1. The van der Waals surface area contributed by atoms with Crippen molar-refractivity contribution in [2.45, 2.75) is 32.1 Å². The van der Waals surface area contributed by atoms with Gasteiger partial charge in [-0.2, -0.15) is 5.10 Å². The number of nitrogens with one attached hydrogen (secondary N) is 1. The summed E-state index contributed by atoms with van der Waals surface area (Å²) in [6.45, 7) is 3.77. The third-order valence-electron chi connectivity index (χ3n) is 3.96. The SMILES string of the molecule is Cc1cn[nH]c1C1CCCN(C(=O)Cc2cccs2)C1. The highest BCUT2D eigenvalue weighted by atomic mass is 32.1. The molecule has 0 radical (unpaired) electrons. The molecule has 0 aromatic carbocycles. The third-order valence-corrected chi connectivity index (χ3v) is 4.83. The van der Waals surface area contributed by atoms with Crippen LogP contribution in [-0.2, 0) is 11.2 Å². The largest absolute Gasteiger partial charge is 0.342 e. The molecule has 3 rings (SSSR count). The van der Waals surface area contributed by atoms with E-state index in [1.807, 2.05) is 28.6 Å². The molecule has 5 heteroatoms. The first-order chi connectivity index (χ1) is 9.74. The van der Waals surface area contributed by atoms with Gasteiger partial charge in [0, 0.05) is 29.6 Å². The summed E-state index contributed by atoms with van der Waals surface area (Å²) in [5.74, 6) is 0.646. The number of amides is 1. The number of hydrogen-bond acceptors (Lipinski definition) is 3. The number of carbonyl (C=O) groups excluding carboxylic acids is 1. The highest BCUT2D eigenvalue weighted by molar-refractivity contribution is 7.10. The van der Waals surface area contributed by atoms with Crippen LogP contribution in [0.4, 0.5) is 0 Å². The Morgan fingerprint density at radius 1 is 1.60 bits per heavy atom. The lowest BCUT2D eigenvalue weighted by atomic mass is 9.93. The van der Waals surface area contributed by atoms with E-state index in [0.29, 0.717) is 12.3 Å². The average Bonchev–Trinajstić information content (AvgIpc) is 3.10. The minimum atomic E-state index is 0.245. The average molecular weight is 289 g/mol. The molecule has 1 aliphatic heterocycles. The van der Waals surface area contributed by atoms with Crippen LogP contribution < -0.4 is 0 Å². The van der Waals surface area contributed by atoms with Crippen molar-refractivity contribution in [1.82, 2.24) is 15.1 Å². The van der Waals surface area contributed by atoms with Crippen molar-refractivity contribution in [3.8, 4) is 0 Å². The van der Waals surface area contributed by atoms with Crippen LogP contribution in [0.2, 0.25) is 0 Å². The molecule has 0 saturated carbocycles. The van der Waals surface area contributed by atoms with E-state index in [4.69, 9.17) is 0 Å². The first-order valence-corrected chi connectivity index (χ1v) is 7.92. The van der Waals surface area contributed by atoms with Crippen LogP contribution in [0, 0.1) is 6.92 Å². The molecule has 1 saturated heterocycles. The molecule has 2 aromatic rings. The standard InChI is InChI=1S/C15H19N3OS/c1-11-9-16-17-15(11)12-4-2-6-18(10-12)14(19)8-13-5-3-7-20-13/h3,5,7,9,12H,2,4,6,8,10H2,1H3,(H,16,17). The maximum absolute atomic E-state index is 12.4. The highest BCUT2D eigenvalue weighted by Gasteiger charge is 2.26. The Balaban J connectivity index is 1.66. The van der Waals surface area contributed by atoms with Crippen molar-refractivity contribution in [2.75, 3.05) is 13.1 Å². The minimum Gasteiger partial charge on any atom is -0.342 e. The Labute approximate surface area is 122 Å². The fourth-order valence-electron chi connectivity index (χ4n) is 2.88. The first kappa shape index (κ1) is 13.4. The predicted molar refractivity (Wildman–Crippen MR) is 79.9 cm³/mol. The number of nitrogens with zero attached hydrogens (tertiary/aromatic N) is 2. The zero-order valence-corrected chi connectivity index (χ0v) is 12.4. The Morgan fingerprint density at radius 3 is 3.20 bits per heavy atom. The number of carbonyl (C=O) groups is 1. The topological polar surface area (TPSA) is 49.0 Å². The number of hydrogen-bond donors (Lipinski definition) is 1. The monoisotopic (exact) mass is 289 g/mol. The second-order valence-corrected chi connectivity index (χ2v) is 6.43. The van der Waals surface area contributed by atoms with Crippen molar-refractivity contribution < 1.29 is 4.79 Å². The van der Waals surface area contributed by atoms with Gasteiger partial charge in [-0.3, -0.25) is 9.89 Å². The van der Waals surface area contributed by atoms with Crippen molar-refractivity contribution in [3.63, 3.8) is 0 Å². The molecular weight excluding hydrogens is 270 g/mol. The van der Waals surface area contributed by atoms with Gasteiger partial charge in [0.25, 0.3) is 0 Å². The lowest BCUT2D eigenvalue weighted by Gasteiger charge is -2.32. The molecule has 20 heavy (non-hydrogen) atoms. The summed E-state index contributed by atoms with van der Waals surface area (Å²) in [6, 6.07) is 4.03. The van der Waals surface area contributed by atoms with E-state index in [0.717, 1.165) is 30.8 Å². The minimum absolute atomic E-state index is 0.245. The summed E-state index contributed by atoms with van der Waals surface area (Å²) in [6.07, 6.45) is 4.60. The van der Waals surface area contributed by atoms with Crippen LogP contribution in [0.25, 0.3) is 0 Å². The van der Waals surface area contributed by atoms with Crippen LogP contribution in [0.1, 0.15) is 34.9 Å². The van der Waals surface area contributed by atoms with Crippen LogP contribution in [0.3, 0.4) is 0 Å². The highest BCUT2D eigenvalue weighted by Crippen LogP contribution is 2.27. The number of likely N-dealkylation sites (tertiary alicyclic amines) is 1. The quantitative estimate of drug-likeness (QED) is 0.944. The molecule has 1 N–H and O–H groups in total. The Bertz CT molecular complexity index is 576. The van der Waals surface area contributed by atoms with E-state index in [1.54, 1.807) is 11.3 Å². The number of aryl methyl sites for hydroxylation is 1.